The Balaban J connectivity index is 2.86. The predicted molar refractivity (Wildman–Crippen MR) is 67.4 cm³/mol. The monoisotopic (exact) mass is 239 g/mol. The number of nitrogens with two attached hydrogens (primary N) is 1. The summed E-state index contributed by atoms with van der Waals surface area (Å²) < 4.78 is 10.8. The third-order valence-electron chi connectivity index (χ3n) is 2.29. The Morgan fingerprint density at radius 3 is 2.47 bits per heavy atom. The fraction of sp³-hybridized carbons (Fsp3) is 0.538. The molecule has 4 nitrogen and oxygen atoms in total. The van der Waals surface area contributed by atoms with Gasteiger partial charge in [0.15, 0.2) is 11.5 Å². The van der Waals surface area contributed by atoms with Crippen molar-refractivity contribution >= 4 is 0 Å². The number of methoxy groups -OCH3 is 1. The van der Waals surface area contributed by atoms with E-state index in [0.29, 0.717) is 11.5 Å². The van der Waals surface area contributed by atoms with Crippen LogP contribution < -0.4 is 15.2 Å². The second kappa shape index (κ2) is 5.38. The van der Waals surface area contributed by atoms with E-state index in [4.69, 9.17) is 15.2 Å². The Kier molecular flexibility index (Phi) is 4.37. The maximum Gasteiger partial charge on any atom is 0.161 e. The molecule has 0 spiro atoms. The van der Waals surface area contributed by atoms with Gasteiger partial charge in [-0.15, -0.1) is 0 Å². The highest BCUT2D eigenvalue weighted by atomic mass is 16.5. The van der Waals surface area contributed by atoms with Crippen molar-refractivity contribution in [3.8, 4) is 11.5 Å². The van der Waals surface area contributed by atoms with Crippen molar-refractivity contribution in [3.05, 3.63) is 23.8 Å². The molecule has 0 bridgehead atoms. The molecule has 96 valence electrons. The quantitative estimate of drug-likeness (QED) is 0.823. The molecule has 0 fully saturated rings. The lowest BCUT2D eigenvalue weighted by molar-refractivity contribution is 0.0276. The van der Waals surface area contributed by atoms with Gasteiger partial charge in [-0.1, -0.05) is 6.07 Å². The summed E-state index contributed by atoms with van der Waals surface area (Å²) in [6.07, 6.45) is 0. The van der Waals surface area contributed by atoms with E-state index in [2.05, 4.69) is 0 Å². The minimum Gasteiger partial charge on any atom is -0.493 e. The lowest BCUT2D eigenvalue weighted by Crippen LogP contribution is -2.28. The minimum atomic E-state index is -0.870. The van der Waals surface area contributed by atoms with Crippen LogP contribution in [0, 0.1) is 0 Å². The standard InChI is InChI=1S/C13H21NO3/c1-9(14)10-5-6-11(12(7-10)16-4)17-8-13(2,3)15/h5-7,9,15H,8,14H2,1-4H3/t9-/m0/s1. The molecular formula is C13H21NO3. The van der Waals surface area contributed by atoms with Crippen LogP contribution >= 0.6 is 0 Å². The van der Waals surface area contributed by atoms with Gasteiger partial charge in [0, 0.05) is 6.04 Å². The first-order chi connectivity index (χ1) is 7.83. The summed E-state index contributed by atoms with van der Waals surface area (Å²) in [6, 6.07) is 5.51. The van der Waals surface area contributed by atoms with E-state index >= 15 is 0 Å². The van der Waals surface area contributed by atoms with Crippen LogP contribution in [0.15, 0.2) is 18.2 Å². The van der Waals surface area contributed by atoms with E-state index in [-0.39, 0.29) is 12.6 Å². The third kappa shape index (κ3) is 4.24. The molecule has 0 saturated carbocycles. The van der Waals surface area contributed by atoms with Crippen LogP contribution in [-0.4, -0.2) is 24.4 Å². The molecule has 0 aliphatic heterocycles. The zero-order chi connectivity index (χ0) is 13.1. The van der Waals surface area contributed by atoms with Crippen molar-refractivity contribution in [1.82, 2.24) is 0 Å². The zero-order valence-corrected chi connectivity index (χ0v) is 10.9. The van der Waals surface area contributed by atoms with Crippen molar-refractivity contribution in [2.75, 3.05) is 13.7 Å². The molecule has 3 N–H and O–H groups in total. The first-order valence-corrected chi connectivity index (χ1v) is 5.62. The van der Waals surface area contributed by atoms with Gasteiger partial charge in [-0.2, -0.15) is 0 Å². The predicted octanol–water partition coefficient (Wildman–Crippen LogP) is 1.86. The molecule has 1 atom stereocenters. The second-order valence-corrected chi connectivity index (χ2v) is 4.80. The highest BCUT2D eigenvalue weighted by Crippen LogP contribution is 2.30. The Morgan fingerprint density at radius 2 is 2.00 bits per heavy atom. The molecule has 17 heavy (non-hydrogen) atoms. The van der Waals surface area contributed by atoms with Crippen LogP contribution in [0.3, 0.4) is 0 Å². The summed E-state index contributed by atoms with van der Waals surface area (Å²) in [5, 5.41) is 9.60. The number of ether oxygens (including phenoxy) is 2. The van der Waals surface area contributed by atoms with Gasteiger partial charge in [0.05, 0.1) is 12.7 Å². The van der Waals surface area contributed by atoms with Gasteiger partial charge in [0.2, 0.25) is 0 Å². The number of hydrogen-bond acceptors (Lipinski definition) is 4. The highest BCUT2D eigenvalue weighted by molar-refractivity contribution is 5.43. The van der Waals surface area contributed by atoms with Crippen LogP contribution in [0.1, 0.15) is 32.4 Å². The van der Waals surface area contributed by atoms with E-state index in [0.717, 1.165) is 5.56 Å². The van der Waals surface area contributed by atoms with Crippen LogP contribution in [0.5, 0.6) is 11.5 Å². The van der Waals surface area contributed by atoms with E-state index < -0.39 is 5.60 Å². The smallest absolute Gasteiger partial charge is 0.161 e. The molecule has 0 aliphatic rings. The molecule has 1 rings (SSSR count). The summed E-state index contributed by atoms with van der Waals surface area (Å²) in [4.78, 5) is 0. The fourth-order valence-electron chi connectivity index (χ4n) is 1.34. The first kappa shape index (κ1) is 13.8. The Hall–Kier alpha value is -1.26. The average Bonchev–Trinajstić information content (AvgIpc) is 2.24. The summed E-state index contributed by atoms with van der Waals surface area (Å²) in [6.45, 7) is 5.50. The molecule has 0 amide bonds. The Morgan fingerprint density at radius 1 is 1.35 bits per heavy atom. The summed E-state index contributed by atoms with van der Waals surface area (Å²) in [7, 11) is 1.58. The second-order valence-electron chi connectivity index (χ2n) is 4.80. The van der Waals surface area contributed by atoms with Crippen LogP contribution in [0.25, 0.3) is 0 Å². The maximum atomic E-state index is 9.60. The highest BCUT2D eigenvalue weighted by Gasteiger charge is 2.15. The molecule has 0 radical (unpaired) electrons. The summed E-state index contributed by atoms with van der Waals surface area (Å²) in [5.41, 5.74) is 5.91. The van der Waals surface area contributed by atoms with Gasteiger partial charge in [-0.05, 0) is 38.5 Å². The van der Waals surface area contributed by atoms with Gasteiger partial charge in [0.25, 0.3) is 0 Å². The number of hydrogen-bond donors (Lipinski definition) is 2. The van der Waals surface area contributed by atoms with E-state index in [1.54, 1.807) is 21.0 Å². The van der Waals surface area contributed by atoms with Gasteiger partial charge >= 0.3 is 0 Å². The molecular weight excluding hydrogens is 218 g/mol. The topological polar surface area (TPSA) is 64.7 Å². The molecule has 0 heterocycles. The van der Waals surface area contributed by atoms with Crippen LogP contribution in [0.4, 0.5) is 0 Å². The molecule has 0 aromatic heterocycles. The Bertz CT molecular complexity index is 369. The van der Waals surface area contributed by atoms with Crippen molar-refractivity contribution in [2.24, 2.45) is 5.73 Å². The number of aliphatic hydroxyl groups is 1. The maximum absolute atomic E-state index is 9.60. The zero-order valence-electron chi connectivity index (χ0n) is 10.9. The molecule has 0 aliphatic carbocycles. The largest absolute Gasteiger partial charge is 0.493 e. The lowest BCUT2D eigenvalue weighted by Gasteiger charge is -2.19. The fourth-order valence-corrected chi connectivity index (χ4v) is 1.34. The number of rotatable bonds is 5. The molecule has 0 saturated heterocycles. The van der Waals surface area contributed by atoms with E-state index in [1.165, 1.54) is 0 Å². The SMILES string of the molecule is COc1cc([C@H](C)N)ccc1OCC(C)(C)O. The van der Waals surface area contributed by atoms with Crippen LogP contribution in [0.2, 0.25) is 0 Å². The summed E-state index contributed by atoms with van der Waals surface area (Å²) >= 11 is 0. The van der Waals surface area contributed by atoms with Crippen molar-refractivity contribution in [1.29, 1.82) is 0 Å². The van der Waals surface area contributed by atoms with Gasteiger partial charge in [-0.3, -0.25) is 0 Å². The minimum absolute atomic E-state index is 0.0489. The van der Waals surface area contributed by atoms with E-state index in [9.17, 15) is 5.11 Å². The molecule has 1 aromatic rings. The van der Waals surface area contributed by atoms with E-state index in [1.807, 2.05) is 25.1 Å². The molecule has 0 unspecified atom stereocenters. The third-order valence-corrected chi connectivity index (χ3v) is 2.29. The first-order valence-electron chi connectivity index (χ1n) is 5.62. The van der Waals surface area contributed by atoms with Gasteiger partial charge in [0.1, 0.15) is 6.61 Å². The lowest BCUT2D eigenvalue weighted by atomic mass is 10.1. The summed E-state index contributed by atoms with van der Waals surface area (Å²) in [5.74, 6) is 1.24. The van der Waals surface area contributed by atoms with Crippen molar-refractivity contribution in [3.63, 3.8) is 0 Å². The normalized spacial score (nSPS) is 13.3. The Labute approximate surface area is 102 Å². The van der Waals surface area contributed by atoms with Gasteiger partial charge in [-0.25, -0.2) is 0 Å². The van der Waals surface area contributed by atoms with Crippen LogP contribution in [-0.2, 0) is 0 Å². The molecule has 1 aromatic carbocycles. The van der Waals surface area contributed by atoms with Crippen molar-refractivity contribution in [2.45, 2.75) is 32.4 Å². The molecule has 4 heteroatoms. The van der Waals surface area contributed by atoms with Crippen molar-refractivity contribution < 1.29 is 14.6 Å². The average molecular weight is 239 g/mol. The number of benzene rings is 1. The van der Waals surface area contributed by atoms with Gasteiger partial charge < -0.3 is 20.3 Å².